The molecule has 0 spiro atoms. The second kappa shape index (κ2) is 6.11. The molecule has 2 aromatic rings. The number of carbonyl (C=O) groups excluding carboxylic acids is 2. The van der Waals surface area contributed by atoms with Gasteiger partial charge in [-0.1, -0.05) is 24.3 Å². The number of para-hydroxylation sites is 1. The zero-order valence-corrected chi connectivity index (χ0v) is 13.9. The lowest BCUT2D eigenvalue weighted by Crippen LogP contribution is -2.31. The van der Waals surface area contributed by atoms with Crippen LogP contribution >= 0.6 is 0 Å². The van der Waals surface area contributed by atoms with E-state index in [4.69, 9.17) is 14.2 Å². The van der Waals surface area contributed by atoms with Crippen molar-refractivity contribution in [3.63, 3.8) is 0 Å². The summed E-state index contributed by atoms with van der Waals surface area (Å²) >= 11 is 0. The number of aliphatic hydroxyl groups is 1. The molecule has 132 valence electrons. The monoisotopic (exact) mass is 353 g/mol. The third-order valence-electron chi connectivity index (χ3n) is 4.30. The van der Waals surface area contributed by atoms with Gasteiger partial charge in [0.05, 0.1) is 19.2 Å². The minimum absolute atomic E-state index is 0.0109. The summed E-state index contributed by atoms with van der Waals surface area (Å²) in [7, 11) is 1.46. The van der Waals surface area contributed by atoms with E-state index in [0.717, 1.165) is 4.90 Å². The average Bonchev–Trinajstić information content (AvgIpc) is 3.20. The molecule has 0 atom stereocenters. The van der Waals surface area contributed by atoms with Crippen molar-refractivity contribution >= 4 is 17.4 Å². The normalized spacial score (nSPS) is 15.8. The lowest BCUT2D eigenvalue weighted by atomic mass is 10.0. The predicted octanol–water partition coefficient (Wildman–Crippen LogP) is 2.26. The highest BCUT2D eigenvalue weighted by Gasteiger charge is 2.40. The van der Waals surface area contributed by atoms with Crippen molar-refractivity contribution in [1.29, 1.82) is 0 Å². The number of methoxy groups -OCH3 is 1. The van der Waals surface area contributed by atoms with Crippen LogP contribution in [0.15, 0.2) is 48.2 Å². The highest BCUT2D eigenvalue weighted by molar-refractivity contribution is 6.35. The van der Waals surface area contributed by atoms with Gasteiger partial charge in [0.15, 0.2) is 17.3 Å². The van der Waals surface area contributed by atoms with Crippen LogP contribution in [0.1, 0.15) is 11.1 Å². The van der Waals surface area contributed by atoms with Gasteiger partial charge >= 0.3 is 0 Å². The fourth-order valence-corrected chi connectivity index (χ4v) is 3.02. The van der Waals surface area contributed by atoms with Crippen molar-refractivity contribution < 1.29 is 28.9 Å². The lowest BCUT2D eigenvalue weighted by molar-refractivity contribution is -0.138. The summed E-state index contributed by atoms with van der Waals surface area (Å²) in [6.07, 6.45) is 0. The van der Waals surface area contributed by atoms with E-state index in [1.54, 1.807) is 42.5 Å². The van der Waals surface area contributed by atoms with Crippen LogP contribution in [0.5, 0.6) is 17.2 Å². The Bertz CT molecular complexity index is 949. The highest BCUT2D eigenvalue weighted by atomic mass is 16.7. The molecular formula is C19H15NO6. The van der Waals surface area contributed by atoms with Crippen molar-refractivity contribution in [2.75, 3.05) is 13.9 Å². The lowest BCUT2D eigenvalue weighted by Gasteiger charge is -2.15. The molecule has 0 radical (unpaired) electrons. The first-order valence-corrected chi connectivity index (χ1v) is 7.91. The Balaban J connectivity index is 1.65. The third kappa shape index (κ3) is 2.45. The van der Waals surface area contributed by atoms with Crippen molar-refractivity contribution in [1.82, 2.24) is 4.90 Å². The zero-order valence-electron chi connectivity index (χ0n) is 13.9. The van der Waals surface area contributed by atoms with Crippen molar-refractivity contribution in [2.45, 2.75) is 6.54 Å². The summed E-state index contributed by atoms with van der Waals surface area (Å²) in [6, 6.07) is 11.9. The summed E-state index contributed by atoms with van der Waals surface area (Å²) in [5.41, 5.74) is 0.997. The number of hydrogen-bond acceptors (Lipinski definition) is 6. The van der Waals surface area contributed by atoms with E-state index in [-0.39, 0.29) is 18.9 Å². The number of carbonyl (C=O) groups is 2. The number of nitrogens with zero attached hydrogens (tertiary/aromatic N) is 1. The number of amides is 2. The first-order chi connectivity index (χ1) is 12.6. The molecule has 0 unspecified atom stereocenters. The quantitative estimate of drug-likeness (QED) is 0.849. The van der Waals surface area contributed by atoms with Gasteiger partial charge in [0.1, 0.15) is 5.75 Å². The molecule has 2 aromatic carbocycles. The van der Waals surface area contributed by atoms with Crippen LogP contribution < -0.4 is 14.2 Å². The molecular weight excluding hydrogens is 338 g/mol. The number of ether oxygens (including phenoxy) is 3. The fourth-order valence-electron chi connectivity index (χ4n) is 3.02. The Labute approximate surface area is 149 Å². The van der Waals surface area contributed by atoms with Crippen LogP contribution in [0, 0.1) is 0 Å². The Kier molecular flexibility index (Phi) is 3.76. The van der Waals surface area contributed by atoms with Gasteiger partial charge in [-0.25, -0.2) is 0 Å². The summed E-state index contributed by atoms with van der Waals surface area (Å²) in [4.78, 5) is 26.2. The van der Waals surface area contributed by atoms with Gasteiger partial charge in [-0.05, 0) is 23.8 Å². The smallest absolute Gasteiger partial charge is 0.296 e. The molecule has 2 amide bonds. The Morgan fingerprint density at radius 3 is 2.65 bits per heavy atom. The molecule has 0 aromatic heterocycles. The van der Waals surface area contributed by atoms with Crippen molar-refractivity contribution in [3.8, 4) is 17.2 Å². The third-order valence-corrected chi connectivity index (χ3v) is 4.30. The highest BCUT2D eigenvalue weighted by Crippen LogP contribution is 2.36. The molecule has 4 rings (SSSR count). The number of hydrogen-bond donors (Lipinski definition) is 1. The zero-order chi connectivity index (χ0) is 18.3. The van der Waals surface area contributed by atoms with Crippen LogP contribution in [0.3, 0.4) is 0 Å². The summed E-state index contributed by atoms with van der Waals surface area (Å²) < 4.78 is 15.8. The number of benzene rings is 2. The van der Waals surface area contributed by atoms with Crippen LogP contribution in [0.4, 0.5) is 0 Å². The number of imide groups is 1. The molecule has 0 bridgehead atoms. The fraction of sp³-hybridized carbons (Fsp3) is 0.158. The molecule has 0 saturated heterocycles. The van der Waals surface area contributed by atoms with Crippen LogP contribution in [-0.4, -0.2) is 35.7 Å². The topological polar surface area (TPSA) is 85.3 Å². The van der Waals surface area contributed by atoms with Gasteiger partial charge in [-0.3, -0.25) is 14.5 Å². The van der Waals surface area contributed by atoms with Gasteiger partial charge in [-0.2, -0.15) is 0 Å². The van der Waals surface area contributed by atoms with E-state index in [0.29, 0.717) is 28.4 Å². The maximum absolute atomic E-state index is 12.8. The standard InChI is InChI=1S/C19H15NO6/c1-24-13-5-3-2-4-12(13)16-17(21)19(23)20(18(16)22)9-11-6-7-14-15(8-11)26-10-25-14/h2-8,21H,9-10H2,1H3. The van der Waals surface area contributed by atoms with E-state index in [2.05, 4.69) is 0 Å². The molecule has 1 N–H and O–H groups in total. The predicted molar refractivity (Wildman–Crippen MR) is 90.7 cm³/mol. The second-order valence-electron chi connectivity index (χ2n) is 5.81. The van der Waals surface area contributed by atoms with Crippen molar-refractivity contribution in [3.05, 3.63) is 59.4 Å². The van der Waals surface area contributed by atoms with E-state index in [1.165, 1.54) is 7.11 Å². The summed E-state index contributed by atoms with van der Waals surface area (Å²) in [5.74, 6) is -0.323. The minimum Gasteiger partial charge on any atom is -0.502 e. The van der Waals surface area contributed by atoms with E-state index in [9.17, 15) is 14.7 Å². The largest absolute Gasteiger partial charge is 0.502 e. The summed E-state index contributed by atoms with van der Waals surface area (Å²) in [6.45, 7) is 0.150. The van der Waals surface area contributed by atoms with Crippen molar-refractivity contribution in [2.24, 2.45) is 0 Å². The maximum atomic E-state index is 12.8. The van der Waals surface area contributed by atoms with Gasteiger partial charge in [0.25, 0.3) is 11.8 Å². The van der Waals surface area contributed by atoms with Crippen LogP contribution in [0.25, 0.3) is 5.57 Å². The van der Waals surface area contributed by atoms with Gasteiger partial charge in [-0.15, -0.1) is 0 Å². The molecule has 7 nitrogen and oxygen atoms in total. The molecule has 2 aliphatic heterocycles. The van der Waals surface area contributed by atoms with Crippen LogP contribution in [0.2, 0.25) is 0 Å². The molecule has 2 aliphatic rings. The minimum atomic E-state index is -0.742. The first kappa shape index (κ1) is 16.0. The molecule has 0 aliphatic carbocycles. The molecule has 2 heterocycles. The second-order valence-corrected chi connectivity index (χ2v) is 5.81. The Morgan fingerprint density at radius 1 is 1.08 bits per heavy atom. The maximum Gasteiger partial charge on any atom is 0.296 e. The molecule has 0 saturated carbocycles. The van der Waals surface area contributed by atoms with Crippen LogP contribution in [-0.2, 0) is 16.1 Å². The Hall–Kier alpha value is -3.48. The number of fused-ring (bicyclic) bond motifs is 1. The average molecular weight is 353 g/mol. The van der Waals surface area contributed by atoms with E-state index >= 15 is 0 Å². The number of rotatable bonds is 4. The van der Waals surface area contributed by atoms with Gasteiger partial charge < -0.3 is 19.3 Å². The molecule has 0 fully saturated rings. The molecule has 26 heavy (non-hydrogen) atoms. The first-order valence-electron chi connectivity index (χ1n) is 7.91. The summed E-state index contributed by atoms with van der Waals surface area (Å²) in [5, 5.41) is 10.3. The van der Waals surface area contributed by atoms with E-state index in [1.807, 2.05) is 0 Å². The van der Waals surface area contributed by atoms with Gasteiger partial charge in [0, 0.05) is 5.56 Å². The Morgan fingerprint density at radius 2 is 1.85 bits per heavy atom. The molecule has 7 heteroatoms. The number of aliphatic hydroxyl groups excluding tert-OH is 1. The SMILES string of the molecule is COc1ccccc1C1=C(O)C(=O)N(Cc2ccc3c(c2)OCO3)C1=O. The van der Waals surface area contributed by atoms with E-state index < -0.39 is 17.6 Å². The van der Waals surface area contributed by atoms with Gasteiger partial charge in [0.2, 0.25) is 6.79 Å².